The number of pyridine rings is 1. The molecule has 0 unspecified atom stereocenters. The lowest BCUT2D eigenvalue weighted by atomic mass is 10.1. The highest BCUT2D eigenvalue weighted by Crippen LogP contribution is 2.30. The Balaban J connectivity index is 1.84. The number of para-hydroxylation sites is 1. The molecule has 0 radical (unpaired) electrons. The third-order valence-electron chi connectivity index (χ3n) is 3.88. The molecule has 0 N–H and O–H groups in total. The van der Waals surface area contributed by atoms with Gasteiger partial charge in [0.2, 0.25) is 0 Å². The number of aromatic nitrogens is 3. The highest BCUT2D eigenvalue weighted by molar-refractivity contribution is 5.91. The molecule has 5 nitrogen and oxygen atoms in total. The van der Waals surface area contributed by atoms with Crippen molar-refractivity contribution < 1.29 is 4.42 Å². The van der Waals surface area contributed by atoms with Crippen LogP contribution in [0, 0.1) is 11.3 Å². The predicted octanol–water partition coefficient (Wildman–Crippen LogP) is 4.29. The molecule has 0 atom stereocenters. The molecule has 0 aliphatic rings. The third kappa shape index (κ3) is 2.81. The lowest BCUT2D eigenvalue weighted by Gasteiger charge is -1.98. The zero-order valence-corrected chi connectivity index (χ0v) is 13.5. The van der Waals surface area contributed by atoms with E-state index in [1.807, 2.05) is 61.8 Å². The molecule has 1 aromatic carbocycles. The summed E-state index contributed by atoms with van der Waals surface area (Å²) < 4.78 is 7.64. The second kappa shape index (κ2) is 6.10. The normalized spacial score (nSPS) is 11.6. The summed E-state index contributed by atoms with van der Waals surface area (Å²) in [6.07, 6.45) is 5.32. The summed E-state index contributed by atoms with van der Waals surface area (Å²) >= 11 is 0. The van der Waals surface area contributed by atoms with E-state index < -0.39 is 0 Å². The Kier molecular flexibility index (Phi) is 3.64. The number of rotatable bonds is 3. The fourth-order valence-corrected chi connectivity index (χ4v) is 2.74. The predicted molar refractivity (Wildman–Crippen MR) is 96.1 cm³/mol. The van der Waals surface area contributed by atoms with Gasteiger partial charge in [-0.2, -0.15) is 10.4 Å². The average molecular weight is 326 g/mol. The standard InChI is InChI=1S/C20H14N4O/c1-24-13-16(10-15(12-21)17-7-4-5-9-22-17)20(23-24)19-11-14-6-2-3-8-18(14)25-19/h2-11,13H,1H3. The fraction of sp³-hybridized carbons (Fsp3) is 0.0500. The Morgan fingerprint density at radius 3 is 2.80 bits per heavy atom. The first-order valence-electron chi connectivity index (χ1n) is 7.80. The Morgan fingerprint density at radius 2 is 2.04 bits per heavy atom. The number of fused-ring (bicyclic) bond motifs is 1. The lowest BCUT2D eigenvalue weighted by Crippen LogP contribution is -1.87. The van der Waals surface area contributed by atoms with Crippen molar-refractivity contribution in [3.63, 3.8) is 0 Å². The zero-order chi connectivity index (χ0) is 17.2. The van der Waals surface area contributed by atoms with Crippen molar-refractivity contribution in [1.82, 2.24) is 14.8 Å². The van der Waals surface area contributed by atoms with Crippen molar-refractivity contribution in [2.45, 2.75) is 0 Å². The van der Waals surface area contributed by atoms with Crippen LogP contribution in [0.1, 0.15) is 11.3 Å². The molecule has 0 fully saturated rings. The van der Waals surface area contributed by atoms with Gasteiger partial charge in [0.1, 0.15) is 17.3 Å². The lowest BCUT2D eigenvalue weighted by molar-refractivity contribution is 0.625. The molecular formula is C20H14N4O. The second-order valence-electron chi connectivity index (χ2n) is 5.64. The first kappa shape index (κ1) is 14.9. The maximum atomic E-state index is 9.51. The third-order valence-corrected chi connectivity index (χ3v) is 3.88. The second-order valence-corrected chi connectivity index (χ2v) is 5.64. The van der Waals surface area contributed by atoms with Crippen LogP contribution < -0.4 is 0 Å². The number of nitrogens with zero attached hydrogens (tertiary/aromatic N) is 4. The molecule has 4 rings (SSSR count). The Labute approximate surface area is 144 Å². The van der Waals surface area contributed by atoms with Gasteiger partial charge < -0.3 is 4.42 Å². The van der Waals surface area contributed by atoms with Gasteiger partial charge in [-0.05, 0) is 30.3 Å². The van der Waals surface area contributed by atoms with Crippen LogP contribution in [0.5, 0.6) is 0 Å². The zero-order valence-electron chi connectivity index (χ0n) is 13.5. The summed E-state index contributed by atoms with van der Waals surface area (Å²) in [4.78, 5) is 4.25. The molecule has 0 saturated heterocycles. The van der Waals surface area contributed by atoms with Crippen LogP contribution in [-0.4, -0.2) is 14.8 Å². The number of furan rings is 1. The van der Waals surface area contributed by atoms with Gasteiger partial charge in [-0.25, -0.2) is 0 Å². The highest BCUT2D eigenvalue weighted by Gasteiger charge is 2.15. The summed E-state index contributed by atoms with van der Waals surface area (Å²) in [5.41, 5.74) is 3.42. The molecule has 4 aromatic rings. The molecule has 3 heterocycles. The summed E-state index contributed by atoms with van der Waals surface area (Å²) in [7, 11) is 1.84. The van der Waals surface area contributed by atoms with Gasteiger partial charge in [0.25, 0.3) is 0 Å². The fourth-order valence-electron chi connectivity index (χ4n) is 2.74. The van der Waals surface area contributed by atoms with Gasteiger partial charge in [0.15, 0.2) is 5.76 Å². The monoisotopic (exact) mass is 326 g/mol. The number of hydrogen-bond acceptors (Lipinski definition) is 4. The Morgan fingerprint density at radius 1 is 1.20 bits per heavy atom. The number of hydrogen-bond donors (Lipinski definition) is 0. The van der Waals surface area contributed by atoms with Gasteiger partial charge in [-0.3, -0.25) is 9.67 Å². The van der Waals surface area contributed by atoms with Crippen LogP contribution >= 0.6 is 0 Å². The summed E-state index contributed by atoms with van der Waals surface area (Å²) in [6.45, 7) is 0. The molecule has 25 heavy (non-hydrogen) atoms. The summed E-state index contributed by atoms with van der Waals surface area (Å²) in [6, 6.07) is 17.5. The van der Waals surface area contributed by atoms with E-state index in [2.05, 4.69) is 16.2 Å². The van der Waals surface area contributed by atoms with Crippen molar-refractivity contribution in [2.75, 3.05) is 0 Å². The number of nitriles is 1. The highest BCUT2D eigenvalue weighted by atomic mass is 16.3. The van der Waals surface area contributed by atoms with E-state index in [0.717, 1.165) is 16.5 Å². The molecule has 120 valence electrons. The minimum atomic E-state index is 0.478. The van der Waals surface area contributed by atoms with Crippen LogP contribution in [0.2, 0.25) is 0 Å². The Hall–Kier alpha value is -3.65. The van der Waals surface area contributed by atoms with Gasteiger partial charge in [-0.1, -0.05) is 24.3 Å². The van der Waals surface area contributed by atoms with E-state index in [-0.39, 0.29) is 0 Å². The van der Waals surface area contributed by atoms with Gasteiger partial charge >= 0.3 is 0 Å². The van der Waals surface area contributed by atoms with Crippen LogP contribution in [0.4, 0.5) is 0 Å². The van der Waals surface area contributed by atoms with Crippen molar-refractivity contribution in [3.05, 3.63) is 72.2 Å². The average Bonchev–Trinajstić information content (AvgIpc) is 3.23. The molecule has 0 spiro atoms. The van der Waals surface area contributed by atoms with Gasteiger partial charge in [0.05, 0.1) is 11.3 Å². The first-order chi connectivity index (χ1) is 12.2. The molecular weight excluding hydrogens is 312 g/mol. The molecule has 0 aliphatic heterocycles. The van der Waals surface area contributed by atoms with E-state index in [0.29, 0.717) is 22.7 Å². The molecule has 5 heteroatoms. The van der Waals surface area contributed by atoms with E-state index in [9.17, 15) is 5.26 Å². The first-order valence-corrected chi connectivity index (χ1v) is 7.80. The summed E-state index contributed by atoms with van der Waals surface area (Å²) in [5, 5.41) is 15.0. The minimum Gasteiger partial charge on any atom is -0.454 e. The Bertz CT molecular complexity index is 1080. The quantitative estimate of drug-likeness (QED) is 0.527. The summed E-state index contributed by atoms with van der Waals surface area (Å²) in [5.74, 6) is 0.673. The number of allylic oxidation sites excluding steroid dienone is 1. The van der Waals surface area contributed by atoms with Crippen molar-refractivity contribution in [3.8, 4) is 17.5 Å². The minimum absolute atomic E-state index is 0.478. The van der Waals surface area contributed by atoms with Crippen LogP contribution in [-0.2, 0) is 7.05 Å². The molecule has 0 saturated carbocycles. The SMILES string of the molecule is Cn1cc(C=C(C#N)c2ccccn2)c(-c2cc3ccccc3o2)n1. The molecule has 3 aromatic heterocycles. The van der Waals surface area contributed by atoms with E-state index in [4.69, 9.17) is 4.42 Å². The van der Waals surface area contributed by atoms with E-state index in [1.54, 1.807) is 17.0 Å². The molecule has 0 amide bonds. The van der Waals surface area contributed by atoms with Crippen molar-refractivity contribution >= 4 is 22.6 Å². The van der Waals surface area contributed by atoms with Crippen LogP contribution in [0.25, 0.3) is 34.1 Å². The maximum Gasteiger partial charge on any atom is 0.156 e. The number of benzene rings is 1. The van der Waals surface area contributed by atoms with E-state index in [1.165, 1.54) is 0 Å². The van der Waals surface area contributed by atoms with E-state index >= 15 is 0 Å². The molecule has 0 bridgehead atoms. The topological polar surface area (TPSA) is 67.6 Å². The van der Waals surface area contributed by atoms with Gasteiger partial charge in [0, 0.05) is 30.4 Å². The smallest absolute Gasteiger partial charge is 0.156 e. The van der Waals surface area contributed by atoms with Crippen LogP contribution in [0.3, 0.4) is 0 Å². The molecule has 0 aliphatic carbocycles. The largest absolute Gasteiger partial charge is 0.454 e. The van der Waals surface area contributed by atoms with Crippen LogP contribution in [0.15, 0.2) is 65.3 Å². The van der Waals surface area contributed by atoms with Gasteiger partial charge in [-0.15, -0.1) is 0 Å². The maximum absolute atomic E-state index is 9.51. The van der Waals surface area contributed by atoms with Crippen molar-refractivity contribution in [2.24, 2.45) is 7.05 Å². The number of aryl methyl sites for hydroxylation is 1. The van der Waals surface area contributed by atoms with Crippen molar-refractivity contribution in [1.29, 1.82) is 5.26 Å².